The van der Waals surface area contributed by atoms with Crippen molar-refractivity contribution in [2.45, 2.75) is 68.5 Å². The third-order valence-corrected chi connectivity index (χ3v) is 7.39. The van der Waals surface area contributed by atoms with Crippen molar-refractivity contribution >= 4 is 41.0 Å². The summed E-state index contributed by atoms with van der Waals surface area (Å²) in [4.78, 5) is 51.9. The Morgan fingerprint density at radius 2 is 1.81 bits per heavy atom. The van der Waals surface area contributed by atoms with E-state index in [4.69, 9.17) is 9.15 Å². The van der Waals surface area contributed by atoms with E-state index in [0.29, 0.717) is 23.2 Å². The Balaban J connectivity index is 1.52. The monoisotopic (exact) mass is 519 g/mol. The Morgan fingerprint density at radius 3 is 2.39 bits per heavy atom. The Kier molecular flexibility index (Phi) is 6.89. The van der Waals surface area contributed by atoms with E-state index in [2.05, 4.69) is 10.3 Å². The standard InChI is InChI=1S/C22H25N5O8S/c1-12-19(25-21(29)34-11-22(25,2)3)35-20(23-12)36-17-7-5-4-6-16(17)24-18(28)13-8-14(26(30)31)10-15(9-13)27(32)33/h8-10,16-17H,4-7,11H2,1-3H3,(H,24,28). The maximum Gasteiger partial charge on any atom is 0.417 e. The second kappa shape index (κ2) is 9.76. The van der Waals surface area contributed by atoms with Crippen LogP contribution in [-0.2, 0) is 4.74 Å². The quantitative estimate of drug-likeness (QED) is 0.409. The molecule has 36 heavy (non-hydrogen) atoms. The van der Waals surface area contributed by atoms with Gasteiger partial charge in [0.1, 0.15) is 12.3 Å². The summed E-state index contributed by atoms with van der Waals surface area (Å²) in [5, 5.41) is 25.5. The molecule has 2 unspecified atom stereocenters. The fourth-order valence-corrected chi connectivity index (χ4v) is 5.54. The molecule has 2 atom stereocenters. The van der Waals surface area contributed by atoms with Crippen molar-refractivity contribution in [2.24, 2.45) is 0 Å². The molecule has 4 rings (SSSR count). The van der Waals surface area contributed by atoms with E-state index < -0.39 is 38.8 Å². The zero-order valence-corrected chi connectivity index (χ0v) is 20.7. The smallest absolute Gasteiger partial charge is 0.417 e. The molecule has 0 spiro atoms. The maximum absolute atomic E-state index is 12.9. The Morgan fingerprint density at radius 1 is 1.17 bits per heavy atom. The van der Waals surface area contributed by atoms with Crippen LogP contribution in [0.5, 0.6) is 0 Å². The molecule has 1 saturated carbocycles. The number of benzene rings is 1. The normalized spacial score (nSPS) is 21.2. The SMILES string of the molecule is Cc1nc(SC2CCCCC2NC(=O)c2cc([N+](=O)[O-])cc([N+](=O)[O-])c2)oc1N1C(=O)OCC1(C)C. The zero-order valence-electron chi connectivity index (χ0n) is 19.9. The number of non-ortho nitro benzene ring substituents is 2. The van der Waals surface area contributed by atoms with Crippen molar-refractivity contribution < 1.29 is 28.6 Å². The van der Waals surface area contributed by atoms with Crippen LogP contribution in [0.25, 0.3) is 0 Å². The van der Waals surface area contributed by atoms with Gasteiger partial charge < -0.3 is 14.5 Å². The molecule has 2 aromatic rings. The Hall–Kier alpha value is -3.68. The summed E-state index contributed by atoms with van der Waals surface area (Å²) in [7, 11) is 0. The highest BCUT2D eigenvalue weighted by Gasteiger charge is 2.44. The summed E-state index contributed by atoms with van der Waals surface area (Å²) in [6.45, 7) is 5.68. The van der Waals surface area contributed by atoms with Gasteiger partial charge in [0.05, 0.1) is 27.0 Å². The third kappa shape index (κ3) is 5.12. The number of nitrogens with one attached hydrogen (secondary N) is 1. The highest BCUT2D eigenvalue weighted by Crippen LogP contribution is 2.39. The van der Waals surface area contributed by atoms with Gasteiger partial charge in [0.2, 0.25) is 5.88 Å². The van der Waals surface area contributed by atoms with Crippen LogP contribution < -0.4 is 10.2 Å². The molecule has 0 radical (unpaired) electrons. The number of anilines is 1. The molecule has 2 fully saturated rings. The van der Waals surface area contributed by atoms with Gasteiger partial charge in [-0.3, -0.25) is 25.0 Å². The molecule has 1 saturated heterocycles. The fraction of sp³-hybridized carbons (Fsp3) is 0.500. The molecule has 0 bridgehead atoms. The number of carbonyl (C=O) groups is 2. The first kappa shape index (κ1) is 25.4. The molecule has 1 aliphatic carbocycles. The molecule has 1 aliphatic heterocycles. The van der Waals surface area contributed by atoms with Crippen LogP contribution in [0.15, 0.2) is 27.8 Å². The largest absolute Gasteiger partial charge is 0.447 e. The molecule has 2 aliphatic rings. The lowest BCUT2D eigenvalue weighted by Crippen LogP contribution is -2.43. The van der Waals surface area contributed by atoms with Gasteiger partial charge in [0.15, 0.2) is 0 Å². The molecule has 14 heteroatoms. The van der Waals surface area contributed by atoms with E-state index in [1.165, 1.54) is 16.7 Å². The first-order valence-corrected chi connectivity index (χ1v) is 12.2. The van der Waals surface area contributed by atoms with Gasteiger partial charge in [-0.1, -0.05) is 24.6 Å². The lowest BCUT2D eigenvalue weighted by molar-refractivity contribution is -0.394. The van der Waals surface area contributed by atoms with Crippen LogP contribution in [0.1, 0.15) is 55.6 Å². The van der Waals surface area contributed by atoms with Gasteiger partial charge in [-0.2, -0.15) is 0 Å². The second-order valence-electron chi connectivity index (χ2n) is 9.35. The number of hydrogen-bond acceptors (Lipinski definition) is 10. The highest BCUT2D eigenvalue weighted by atomic mass is 32.2. The number of aryl methyl sites for hydroxylation is 1. The number of oxazole rings is 1. The summed E-state index contributed by atoms with van der Waals surface area (Å²) < 4.78 is 11.1. The van der Waals surface area contributed by atoms with E-state index >= 15 is 0 Å². The molecule has 2 amide bonds. The van der Waals surface area contributed by atoms with Crippen LogP contribution >= 0.6 is 11.8 Å². The molecular formula is C22H25N5O8S. The second-order valence-corrected chi connectivity index (χ2v) is 10.5. The van der Waals surface area contributed by atoms with Gasteiger partial charge >= 0.3 is 6.09 Å². The zero-order chi connectivity index (χ0) is 26.2. The number of thioether (sulfide) groups is 1. The molecule has 13 nitrogen and oxygen atoms in total. The van der Waals surface area contributed by atoms with E-state index in [0.717, 1.165) is 37.5 Å². The molecule has 2 heterocycles. The van der Waals surface area contributed by atoms with Crippen molar-refractivity contribution in [2.75, 3.05) is 11.5 Å². The van der Waals surface area contributed by atoms with Gasteiger partial charge in [-0.25, -0.2) is 14.7 Å². The van der Waals surface area contributed by atoms with Gasteiger partial charge in [0, 0.05) is 23.4 Å². The number of nitro benzene ring substituents is 2. The fourth-order valence-electron chi connectivity index (χ4n) is 4.32. The van der Waals surface area contributed by atoms with E-state index in [-0.39, 0.29) is 23.5 Å². The molecule has 1 aromatic carbocycles. The molecule has 1 aromatic heterocycles. The van der Waals surface area contributed by atoms with Crippen molar-refractivity contribution in [3.05, 3.63) is 49.7 Å². The maximum atomic E-state index is 12.9. The Bertz CT molecular complexity index is 1200. The number of carbonyl (C=O) groups excluding carboxylic acids is 2. The molecular weight excluding hydrogens is 494 g/mol. The Labute approximate surface area is 209 Å². The van der Waals surface area contributed by atoms with Gasteiger partial charge in [0.25, 0.3) is 22.5 Å². The van der Waals surface area contributed by atoms with E-state index in [1.807, 2.05) is 13.8 Å². The number of nitrogens with zero attached hydrogens (tertiary/aromatic N) is 4. The summed E-state index contributed by atoms with van der Waals surface area (Å²) in [6, 6.07) is 2.54. The highest BCUT2D eigenvalue weighted by molar-refractivity contribution is 7.99. The third-order valence-electron chi connectivity index (χ3n) is 6.15. The van der Waals surface area contributed by atoms with Gasteiger partial charge in [-0.15, -0.1) is 0 Å². The molecule has 192 valence electrons. The minimum atomic E-state index is -0.775. The van der Waals surface area contributed by atoms with E-state index in [1.54, 1.807) is 6.92 Å². The number of hydrogen-bond donors (Lipinski definition) is 1. The molecule has 1 N–H and O–H groups in total. The predicted octanol–water partition coefficient (Wildman–Crippen LogP) is 4.37. The minimum absolute atomic E-state index is 0.124. The number of nitro groups is 2. The number of rotatable bonds is 7. The van der Waals surface area contributed by atoms with Crippen LogP contribution in [0.4, 0.5) is 22.1 Å². The van der Waals surface area contributed by atoms with Crippen molar-refractivity contribution in [1.82, 2.24) is 10.3 Å². The first-order chi connectivity index (χ1) is 17.0. The summed E-state index contributed by atoms with van der Waals surface area (Å²) in [5.41, 5.74) is -1.28. The summed E-state index contributed by atoms with van der Waals surface area (Å²) >= 11 is 1.33. The summed E-state index contributed by atoms with van der Waals surface area (Å²) in [5.74, 6) is -0.324. The number of amides is 2. The lowest BCUT2D eigenvalue weighted by atomic mass is 9.94. The predicted molar refractivity (Wildman–Crippen MR) is 128 cm³/mol. The first-order valence-electron chi connectivity index (χ1n) is 11.3. The average Bonchev–Trinajstić information content (AvgIpc) is 3.30. The van der Waals surface area contributed by atoms with Crippen LogP contribution in [0.2, 0.25) is 0 Å². The topological polar surface area (TPSA) is 171 Å². The summed E-state index contributed by atoms with van der Waals surface area (Å²) in [6.07, 6.45) is 2.67. The lowest BCUT2D eigenvalue weighted by Gasteiger charge is -2.30. The van der Waals surface area contributed by atoms with Crippen LogP contribution in [-0.4, -0.2) is 50.3 Å². The van der Waals surface area contributed by atoms with Crippen molar-refractivity contribution in [3.8, 4) is 0 Å². The van der Waals surface area contributed by atoms with Crippen molar-refractivity contribution in [1.29, 1.82) is 0 Å². The number of aromatic nitrogens is 1. The number of cyclic esters (lactones) is 1. The van der Waals surface area contributed by atoms with Crippen LogP contribution in [0.3, 0.4) is 0 Å². The van der Waals surface area contributed by atoms with Gasteiger partial charge in [-0.05, 0) is 33.6 Å². The van der Waals surface area contributed by atoms with Crippen LogP contribution in [0, 0.1) is 27.2 Å². The van der Waals surface area contributed by atoms with E-state index in [9.17, 15) is 29.8 Å². The van der Waals surface area contributed by atoms with Crippen molar-refractivity contribution in [3.63, 3.8) is 0 Å². The number of ether oxygens (including phenoxy) is 1. The minimum Gasteiger partial charge on any atom is -0.447 e. The average molecular weight is 520 g/mol.